The lowest BCUT2D eigenvalue weighted by molar-refractivity contribution is 0.298. The van der Waals surface area contributed by atoms with E-state index in [0.29, 0.717) is 70.2 Å². The van der Waals surface area contributed by atoms with E-state index in [1.807, 2.05) is 48.6 Å². The van der Waals surface area contributed by atoms with Crippen molar-refractivity contribution < 1.29 is 14.2 Å². The fourth-order valence-corrected chi connectivity index (χ4v) is 2.83. The van der Waals surface area contributed by atoms with Crippen molar-refractivity contribution in [3.63, 3.8) is 0 Å². The zero-order valence-electron chi connectivity index (χ0n) is 19.3. The van der Waals surface area contributed by atoms with Gasteiger partial charge in [-0.15, -0.1) is 0 Å². The molecule has 2 aromatic rings. The van der Waals surface area contributed by atoms with E-state index >= 15 is 0 Å². The van der Waals surface area contributed by atoms with Gasteiger partial charge < -0.3 is 14.2 Å². The minimum absolute atomic E-state index is 0.367. The second kappa shape index (κ2) is 17.0. The summed E-state index contributed by atoms with van der Waals surface area (Å²) in [4.78, 5) is 8.18. The maximum absolute atomic E-state index is 8.37. The van der Waals surface area contributed by atoms with Crippen molar-refractivity contribution in [1.29, 1.82) is 0 Å². The first-order valence-corrected chi connectivity index (χ1v) is 11.1. The number of hydrogen-bond donors (Lipinski definition) is 0. The van der Waals surface area contributed by atoms with Crippen LogP contribution in [0, 0.1) is 0 Å². The highest BCUT2D eigenvalue weighted by atomic mass is 16.5. The molecular weight excluding hydrogens is 450 g/mol. The Morgan fingerprint density at radius 2 is 1.00 bits per heavy atom. The second-order valence-electron chi connectivity index (χ2n) is 7.11. The molecule has 0 aliphatic carbocycles. The topological polar surface area (TPSA) is 174 Å². The quantitative estimate of drug-likeness (QED) is 0.0778. The highest BCUT2D eigenvalue weighted by molar-refractivity contribution is 5.71. The molecule has 182 valence electrons. The van der Waals surface area contributed by atoms with Crippen molar-refractivity contribution in [1.82, 2.24) is 0 Å². The molecule has 0 saturated heterocycles. The first-order chi connectivity index (χ1) is 17.2. The van der Waals surface area contributed by atoms with Gasteiger partial charge in [-0.1, -0.05) is 39.6 Å². The third-order valence-corrected chi connectivity index (χ3v) is 4.45. The van der Waals surface area contributed by atoms with Crippen molar-refractivity contribution in [2.24, 2.45) is 15.3 Å². The summed E-state index contributed by atoms with van der Waals surface area (Å²) in [6.07, 6.45) is 5.79. The van der Waals surface area contributed by atoms with Crippen molar-refractivity contribution in [2.45, 2.75) is 19.3 Å². The molecule has 12 nitrogen and oxygen atoms in total. The molecule has 2 aromatic carbocycles. The fourth-order valence-electron chi connectivity index (χ4n) is 2.83. The lowest BCUT2D eigenvalue weighted by Gasteiger charge is -2.11. The summed E-state index contributed by atoms with van der Waals surface area (Å²) in [6, 6.07) is 13.3. The molecule has 0 spiro atoms. The molecule has 0 saturated carbocycles. The molecule has 0 aromatic heterocycles. The van der Waals surface area contributed by atoms with Crippen LogP contribution in [0.2, 0.25) is 0 Å². The summed E-state index contributed by atoms with van der Waals surface area (Å²) < 4.78 is 17.2. The van der Waals surface area contributed by atoms with E-state index in [0.717, 1.165) is 16.9 Å². The Labute approximate surface area is 203 Å². The van der Waals surface area contributed by atoms with Crippen LogP contribution < -0.4 is 14.2 Å². The van der Waals surface area contributed by atoms with E-state index in [-0.39, 0.29) is 0 Å². The Morgan fingerprint density at radius 3 is 1.46 bits per heavy atom. The SMILES string of the molecule is [N-]=[N+]=NCCCOc1ccc(/C=C/c2cc(OCCCN=[N+]=[N-])cc(OCCCN=[N+]=[N-])c2)cc1. The van der Waals surface area contributed by atoms with E-state index in [1.54, 1.807) is 6.07 Å². The Hall–Kier alpha value is -4.49. The van der Waals surface area contributed by atoms with Gasteiger partial charge in [0.25, 0.3) is 0 Å². The average molecular weight is 478 g/mol. The predicted octanol–water partition coefficient (Wildman–Crippen LogP) is 7.09. The van der Waals surface area contributed by atoms with Crippen molar-refractivity contribution >= 4 is 12.2 Å². The zero-order chi connectivity index (χ0) is 25.0. The van der Waals surface area contributed by atoms with Crippen LogP contribution in [0.25, 0.3) is 43.5 Å². The number of benzene rings is 2. The van der Waals surface area contributed by atoms with Gasteiger partial charge in [0.05, 0.1) is 19.8 Å². The Kier molecular flexibility index (Phi) is 13.0. The average Bonchev–Trinajstić information content (AvgIpc) is 2.88. The minimum atomic E-state index is 0.367. The smallest absolute Gasteiger partial charge is 0.123 e. The van der Waals surface area contributed by atoms with Gasteiger partial charge in [-0.25, -0.2) is 0 Å². The van der Waals surface area contributed by atoms with E-state index < -0.39 is 0 Å². The molecule has 0 atom stereocenters. The molecule has 0 N–H and O–H groups in total. The van der Waals surface area contributed by atoms with E-state index in [4.69, 9.17) is 30.8 Å². The number of hydrogen-bond acceptors (Lipinski definition) is 6. The number of ether oxygens (including phenoxy) is 3. The van der Waals surface area contributed by atoms with Crippen LogP contribution >= 0.6 is 0 Å². The summed E-state index contributed by atoms with van der Waals surface area (Å²) >= 11 is 0. The van der Waals surface area contributed by atoms with Gasteiger partial charge in [-0.05, 0) is 71.2 Å². The monoisotopic (exact) mass is 477 g/mol. The Balaban J connectivity index is 2.01. The Bertz CT molecular complexity index is 1040. The van der Waals surface area contributed by atoms with Gasteiger partial charge in [-0.2, -0.15) is 0 Å². The van der Waals surface area contributed by atoms with E-state index in [2.05, 4.69) is 30.1 Å². The number of rotatable bonds is 17. The lowest BCUT2D eigenvalue weighted by Crippen LogP contribution is -2.02. The summed E-state index contributed by atoms with van der Waals surface area (Å²) in [5.74, 6) is 2.03. The molecule has 0 radical (unpaired) electrons. The molecule has 2 rings (SSSR count). The summed E-state index contributed by atoms with van der Waals surface area (Å²) in [5, 5.41) is 10.5. The van der Waals surface area contributed by atoms with Gasteiger partial charge >= 0.3 is 0 Å². The predicted molar refractivity (Wildman–Crippen MR) is 134 cm³/mol. The maximum atomic E-state index is 8.37. The van der Waals surface area contributed by atoms with Gasteiger partial charge in [0.15, 0.2) is 0 Å². The minimum Gasteiger partial charge on any atom is -0.494 e. The van der Waals surface area contributed by atoms with Crippen molar-refractivity contribution in [3.05, 3.63) is 84.9 Å². The molecular formula is C23H27N9O3. The Morgan fingerprint density at radius 1 is 0.571 bits per heavy atom. The molecule has 0 amide bonds. The normalized spacial score (nSPS) is 10.1. The van der Waals surface area contributed by atoms with Crippen LogP contribution in [0.15, 0.2) is 57.8 Å². The molecule has 0 fully saturated rings. The molecule has 0 aliphatic rings. The molecule has 12 heteroatoms. The van der Waals surface area contributed by atoms with E-state index in [1.165, 1.54) is 0 Å². The number of nitrogens with zero attached hydrogens (tertiary/aromatic N) is 9. The highest BCUT2D eigenvalue weighted by Crippen LogP contribution is 2.25. The van der Waals surface area contributed by atoms with Gasteiger partial charge in [0.2, 0.25) is 0 Å². The first kappa shape index (κ1) is 26.8. The second-order valence-corrected chi connectivity index (χ2v) is 7.11. The van der Waals surface area contributed by atoms with Crippen LogP contribution in [0.5, 0.6) is 17.2 Å². The van der Waals surface area contributed by atoms with Crippen molar-refractivity contribution in [3.8, 4) is 17.2 Å². The van der Waals surface area contributed by atoms with Crippen LogP contribution in [-0.2, 0) is 0 Å². The van der Waals surface area contributed by atoms with Crippen molar-refractivity contribution in [2.75, 3.05) is 39.5 Å². The molecule has 0 aliphatic heterocycles. The van der Waals surface area contributed by atoms with Crippen LogP contribution in [0.4, 0.5) is 0 Å². The van der Waals surface area contributed by atoms with Gasteiger partial charge in [0.1, 0.15) is 17.2 Å². The summed E-state index contributed by atoms with van der Waals surface area (Å²) in [6.45, 7) is 2.45. The third kappa shape index (κ3) is 11.8. The van der Waals surface area contributed by atoms with E-state index in [9.17, 15) is 0 Å². The van der Waals surface area contributed by atoms with Crippen LogP contribution in [0.3, 0.4) is 0 Å². The summed E-state index contributed by atoms with van der Waals surface area (Å²) in [7, 11) is 0. The highest BCUT2D eigenvalue weighted by Gasteiger charge is 2.03. The molecule has 0 heterocycles. The summed E-state index contributed by atoms with van der Waals surface area (Å²) in [5.41, 5.74) is 26.9. The van der Waals surface area contributed by atoms with Gasteiger partial charge in [-0.3, -0.25) is 0 Å². The largest absolute Gasteiger partial charge is 0.494 e. The molecule has 0 unspecified atom stereocenters. The van der Waals surface area contributed by atoms with Crippen LogP contribution in [-0.4, -0.2) is 39.5 Å². The maximum Gasteiger partial charge on any atom is 0.123 e. The lowest BCUT2D eigenvalue weighted by atomic mass is 10.1. The standard InChI is InChI=1S/C23H27N9O3/c24-30-27-10-1-13-33-21-8-6-19(7-9-21)4-5-20-16-22(34-14-2-11-28-31-25)18-23(17-20)35-15-3-12-29-32-26/h4-9,16-18H,1-3,10-15H2/b5-4+. The number of azide groups is 3. The van der Waals surface area contributed by atoms with Gasteiger partial charge in [0, 0.05) is 40.4 Å². The third-order valence-electron chi connectivity index (χ3n) is 4.45. The fraction of sp³-hybridized carbons (Fsp3) is 0.391. The molecule has 35 heavy (non-hydrogen) atoms. The first-order valence-electron chi connectivity index (χ1n) is 11.1. The zero-order valence-corrected chi connectivity index (χ0v) is 19.3. The van der Waals surface area contributed by atoms with Crippen LogP contribution in [0.1, 0.15) is 30.4 Å². The molecule has 0 bridgehead atoms.